The lowest BCUT2D eigenvalue weighted by Gasteiger charge is -2.21. The van der Waals surface area contributed by atoms with Crippen molar-refractivity contribution < 1.29 is 4.79 Å². The van der Waals surface area contributed by atoms with Crippen LogP contribution in [0, 0.1) is 0 Å². The third kappa shape index (κ3) is 2.78. The van der Waals surface area contributed by atoms with Gasteiger partial charge in [-0.2, -0.15) is 11.3 Å². The van der Waals surface area contributed by atoms with Crippen LogP contribution >= 0.6 is 27.3 Å². The van der Waals surface area contributed by atoms with Crippen molar-refractivity contribution in [3.8, 4) is 0 Å². The van der Waals surface area contributed by atoms with Gasteiger partial charge >= 0.3 is 0 Å². The molecule has 1 aliphatic heterocycles. The summed E-state index contributed by atoms with van der Waals surface area (Å²) in [6.07, 6.45) is -0.124. The van der Waals surface area contributed by atoms with Gasteiger partial charge in [0, 0.05) is 22.3 Å². The van der Waals surface area contributed by atoms with Crippen molar-refractivity contribution in [3.63, 3.8) is 0 Å². The lowest BCUT2D eigenvalue weighted by Crippen LogP contribution is -2.46. The molecule has 2 aromatic rings. The van der Waals surface area contributed by atoms with Crippen LogP contribution < -0.4 is 16.2 Å². The van der Waals surface area contributed by atoms with Gasteiger partial charge in [0.1, 0.15) is 6.17 Å². The number of nitrogens with one attached hydrogen (secondary N) is 3. The molecule has 1 saturated heterocycles. The van der Waals surface area contributed by atoms with Gasteiger partial charge in [-0.15, -0.1) is 0 Å². The summed E-state index contributed by atoms with van der Waals surface area (Å²) >= 11 is 5.09. The molecule has 104 valence electrons. The molecule has 0 bridgehead atoms. The average molecular weight is 352 g/mol. The third-order valence-corrected chi connectivity index (χ3v) is 4.76. The normalized spacial score (nSPS) is 21.9. The molecule has 1 aromatic carbocycles. The summed E-state index contributed by atoms with van der Waals surface area (Å²) in [5, 5.41) is 6.79. The van der Waals surface area contributed by atoms with Crippen molar-refractivity contribution in [1.29, 1.82) is 0 Å². The van der Waals surface area contributed by atoms with E-state index in [1.807, 2.05) is 35.0 Å². The molecule has 1 aromatic heterocycles. The zero-order chi connectivity index (χ0) is 13.9. The Bertz CT molecular complexity index is 602. The number of carbonyl (C=O) groups is 1. The maximum absolute atomic E-state index is 12.1. The summed E-state index contributed by atoms with van der Waals surface area (Å²) in [4.78, 5) is 12.1. The molecule has 2 heterocycles. The molecular formula is C14H14BrN3OS. The number of hydrazine groups is 1. The van der Waals surface area contributed by atoms with E-state index in [1.165, 1.54) is 16.9 Å². The number of benzene rings is 1. The minimum absolute atomic E-state index is 0.0514. The van der Waals surface area contributed by atoms with Gasteiger partial charge in [-0.05, 0) is 23.1 Å². The van der Waals surface area contributed by atoms with E-state index in [2.05, 4.69) is 38.2 Å². The van der Waals surface area contributed by atoms with Crippen molar-refractivity contribution in [2.45, 2.75) is 12.1 Å². The predicted octanol–water partition coefficient (Wildman–Crippen LogP) is 2.46. The largest absolute Gasteiger partial charge is 0.335 e. The molecule has 0 aliphatic carbocycles. The van der Waals surface area contributed by atoms with Crippen LogP contribution in [0.1, 0.15) is 21.8 Å². The van der Waals surface area contributed by atoms with Crippen molar-refractivity contribution in [2.75, 3.05) is 6.54 Å². The molecule has 2 atom stereocenters. The van der Waals surface area contributed by atoms with E-state index in [9.17, 15) is 4.79 Å². The van der Waals surface area contributed by atoms with Crippen LogP contribution in [-0.4, -0.2) is 18.6 Å². The molecule has 6 heteroatoms. The molecule has 1 aliphatic rings. The zero-order valence-corrected chi connectivity index (χ0v) is 13.0. The van der Waals surface area contributed by atoms with E-state index in [4.69, 9.17) is 0 Å². The number of thiophene rings is 1. The van der Waals surface area contributed by atoms with Crippen LogP contribution in [0.15, 0.2) is 45.6 Å². The van der Waals surface area contributed by atoms with Crippen LogP contribution in [0.25, 0.3) is 0 Å². The quantitative estimate of drug-likeness (QED) is 0.796. The second-order valence-corrected chi connectivity index (χ2v) is 6.25. The first-order valence-corrected chi connectivity index (χ1v) is 8.05. The van der Waals surface area contributed by atoms with Crippen molar-refractivity contribution in [3.05, 3.63) is 56.7 Å². The van der Waals surface area contributed by atoms with Gasteiger partial charge in [0.15, 0.2) is 0 Å². The molecule has 0 spiro atoms. The van der Waals surface area contributed by atoms with Crippen LogP contribution in [0.2, 0.25) is 0 Å². The monoisotopic (exact) mass is 351 g/mol. The van der Waals surface area contributed by atoms with E-state index < -0.39 is 0 Å². The Labute approximate surface area is 129 Å². The number of hydrogen-bond acceptors (Lipinski definition) is 4. The summed E-state index contributed by atoms with van der Waals surface area (Å²) in [6, 6.07) is 9.92. The maximum Gasteiger partial charge on any atom is 0.253 e. The smallest absolute Gasteiger partial charge is 0.253 e. The van der Waals surface area contributed by atoms with E-state index in [1.54, 1.807) is 0 Å². The van der Waals surface area contributed by atoms with Crippen LogP contribution in [0.5, 0.6) is 0 Å². The number of halogens is 1. The molecule has 3 rings (SSSR count). The molecule has 3 N–H and O–H groups in total. The molecule has 4 nitrogen and oxygen atoms in total. The fourth-order valence-electron chi connectivity index (χ4n) is 2.32. The number of carbonyl (C=O) groups excluding carboxylic acids is 1. The van der Waals surface area contributed by atoms with E-state index >= 15 is 0 Å². The lowest BCUT2D eigenvalue weighted by molar-refractivity contribution is 0.0929. The highest BCUT2D eigenvalue weighted by molar-refractivity contribution is 9.10. The summed E-state index contributed by atoms with van der Waals surface area (Å²) in [5.41, 5.74) is 8.13. The first-order chi connectivity index (χ1) is 9.75. The van der Waals surface area contributed by atoms with Crippen LogP contribution in [0.3, 0.4) is 0 Å². The SMILES string of the molecule is O=C(NC1NNCC1c1ccccc1Br)c1ccsc1. The van der Waals surface area contributed by atoms with Crippen molar-refractivity contribution in [1.82, 2.24) is 16.2 Å². The summed E-state index contributed by atoms with van der Waals surface area (Å²) in [5.74, 6) is 0.137. The zero-order valence-electron chi connectivity index (χ0n) is 10.6. The number of hydrogen-bond donors (Lipinski definition) is 3. The summed E-state index contributed by atoms with van der Waals surface area (Å²) in [7, 11) is 0. The first-order valence-electron chi connectivity index (χ1n) is 6.31. The van der Waals surface area contributed by atoms with Crippen molar-refractivity contribution >= 4 is 33.2 Å². The standard InChI is InChI=1S/C14H14BrN3OS/c15-12-4-2-1-3-10(12)11-7-16-18-13(11)17-14(19)9-5-6-20-8-9/h1-6,8,11,13,16,18H,7H2,(H,17,19). The highest BCUT2D eigenvalue weighted by Crippen LogP contribution is 2.28. The summed E-state index contributed by atoms with van der Waals surface area (Å²) < 4.78 is 1.06. The lowest BCUT2D eigenvalue weighted by atomic mass is 9.97. The fourth-order valence-corrected chi connectivity index (χ4v) is 3.53. The van der Waals surface area contributed by atoms with E-state index in [0.29, 0.717) is 5.56 Å². The van der Waals surface area contributed by atoms with Gasteiger partial charge in [-0.3, -0.25) is 10.2 Å². The second-order valence-electron chi connectivity index (χ2n) is 4.62. The molecular weight excluding hydrogens is 338 g/mol. The van der Waals surface area contributed by atoms with E-state index in [-0.39, 0.29) is 18.0 Å². The molecule has 1 amide bonds. The minimum Gasteiger partial charge on any atom is -0.335 e. The topological polar surface area (TPSA) is 53.2 Å². The van der Waals surface area contributed by atoms with Gasteiger partial charge in [-0.25, -0.2) is 5.43 Å². The second kappa shape index (κ2) is 6.05. The Kier molecular flexibility index (Phi) is 4.16. The van der Waals surface area contributed by atoms with Gasteiger partial charge < -0.3 is 5.32 Å². The molecule has 1 fully saturated rings. The van der Waals surface area contributed by atoms with Crippen molar-refractivity contribution in [2.24, 2.45) is 0 Å². The number of rotatable bonds is 3. The third-order valence-electron chi connectivity index (χ3n) is 3.36. The first kappa shape index (κ1) is 13.8. The Morgan fingerprint density at radius 3 is 2.95 bits per heavy atom. The molecule has 0 saturated carbocycles. The number of amides is 1. The highest BCUT2D eigenvalue weighted by Gasteiger charge is 2.30. The van der Waals surface area contributed by atoms with Crippen LogP contribution in [-0.2, 0) is 0 Å². The fraction of sp³-hybridized carbons (Fsp3) is 0.214. The van der Waals surface area contributed by atoms with E-state index in [0.717, 1.165) is 11.0 Å². The average Bonchev–Trinajstić information content (AvgIpc) is 3.10. The maximum atomic E-state index is 12.1. The Morgan fingerprint density at radius 1 is 1.35 bits per heavy atom. The Hall–Kier alpha value is -1.21. The van der Waals surface area contributed by atoms with Gasteiger partial charge in [0.2, 0.25) is 0 Å². The van der Waals surface area contributed by atoms with Crippen LogP contribution in [0.4, 0.5) is 0 Å². The highest BCUT2D eigenvalue weighted by atomic mass is 79.9. The molecule has 0 radical (unpaired) electrons. The van der Waals surface area contributed by atoms with Gasteiger partial charge in [0.25, 0.3) is 5.91 Å². The summed E-state index contributed by atoms with van der Waals surface area (Å²) in [6.45, 7) is 0.775. The van der Waals surface area contributed by atoms with Gasteiger partial charge in [-0.1, -0.05) is 34.1 Å². The minimum atomic E-state index is -0.124. The molecule has 20 heavy (non-hydrogen) atoms. The molecule has 2 unspecified atom stereocenters. The Morgan fingerprint density at radius 2 is 2.20 bits per heavy atom. The Balaban J connectivity index is 1.76. The predicted molar refractivity (Wildman–Crippen MR) is 83.6 cm³/mol. The van der Waals surface area contributed by atoms with Gasteiger partial charge in [0.05, 0.1) is 5.56 Å².